The van der Waals surface area contributed by atoms with E-state index in [1.54, 1.807) is 6.07 Å². The van der Waals surface area contributed by atoms with Crippen LogP contribution in [0, 0.1) is 5.92 Å². The summed E-state index contributed by atoms with van der Waals surface area (Å²) < 4.78 is 27.9. The summed E-state index contributed by atoms with van der Waals surface area (Å²) in [5, 5.41) is 0.305. The molecule has 0 amide bonds. The molecule has 1 saturated heterocycles. The molecule has 0 spiro atoms. The van der Waals surface area contributed by atoms with E-state index >= 15 is 0 Å². The van der Waals surface area contributed by atoms with Crippen molar-refractivity contribution in [3.63, 3.8) is 0 Å². The van der Waals surface area contributed by atoms with Gasteiger partial charge < -0.3 is 0 Å². The Morgan fingerprint density at radius 2 is 1.81 bits per heavy atom. The highest BCUT2D eigenvalue weighted by Crippen LogP contribution is 2.33. The van der Waals surface area contributed by atoms with Gasteiger partial charge in [-0.2, -0.15) is 0 Å². The summed E-state index contributed by atoms with van der Waals surface area (Å²) >= 11 is 12.0. The van der Waals surface area contributed by atoms with Crippen LogP contribution in [0.4, 0.5) is 0 Å². The predicted octanol–water partition coefficient (Wildman–Crippen LogP) is 2.75. The maximum Gasteiger partial charge on any atom is 0.243 e. The van der Waals surface area contributed by atoms with Crippen LogP contribution in [0.15, 0.2) is 23.1 Å². The molecular weight excluding hydrogens is 331 g/mol. The molecule has 21 heavy (non-hydrogen) atoms. The van der Waals surface area contributed by atoms with Crippen molar-refractivity contribution in [1.82, 2.24) is 9.62 Å². The number of sulfonamides is 1. The van der Waals surface area contributed by atoms with Crippen LogP contribution in [0.3, 0.4) is 0 Å². The zero-order chi connectivity index (χ0) is 15.2. The SMILES string of the molecule is CC1CN(C2CC2)CC1NS(=O)(=O)c1c(Cl)cccc1Cl. The van der Waals surface area contributed by atoms with Gasteiger partial charge in [-0.05, 0) is 30.9 Å². The molecule has 1 aliphatic heterocycles. The summed E-state index contributed by atoms with van der Waals surface area (Å²) in [5.41, 5.74) is 0. The third-order valence-corrected chi connectivity index (χ3v) is 6.64. The van der Waals surface area contributed by atoms with Crippen molar-refractivity contribution in [1.29, 1.82) is 0 Å². The fourth-order valence-electron chi connectivity index (χ4n) is 2.89. The first kappa shape index (κ1) is 15.6. The second-order valence-corrected chi connectivity index (χ2v) is 8.41. The zero-order valence-corrected chi connectivity index (χ0v) is 14.0. The van der Waals surface area contributed by atoms with E-state index in [0.717, 1.165) is 13.1 Å². The van der Waals surface area contributed by atoms with Crippen LogP contribution in [0.25, 0.3) is 0 Å². The number of hydrogen-bond donors (Lipinski definition) is 1. The molecule has 1 heterocycles. The van der Waals surface area contributed by atoms with Crippen LogP contribution < -0.4 is 4.72 Å². The van der Waals surface area contributed by atoms with Gasteiger partial charge >= 0.3 is 0 Å². The highest BCUT2D eigenvalue weighted by Gasteiger charge is 2.40. The molecule has 7 heteroatoms. The van der Waals surface area contributed by atoms with Gasteiger partial charge in [0.2, 0.25) is 10.0 Å². The van der Waals surface area contributed by atoms with E-state index in [1.165, 1.54) is 25.0 Å². The predicted molar refractivity (Wildman–Crippen MR) is 84.3 cm³/mol. The molecule has 0 aromatic heterocycles. The third-order valence-electron chi connectivity index (χ3n) is 4.20. The summed E-state index contributed by atoms with van der Waals surface area (Å²) in [6.45, 7) is 3.77. The van der Waals surface area contributed by atoms with E-state index in [4.69, 9.17) is 23.2 Å². The van der Waals surface area contributed by atoms with Gasteiger partial charge in [0.25, 0.3) is 0 Å². The minimum Gasteiger partial charge on any atom is -0.298 e. The molecule has 4 nitrogen and oxygen atoms in total. The lowest BCUT2D eigenvalue weighted by molar-refractivity contribution is 0.315. The standard InChI is InChI=1S/C14H18Cl2N2O2S/c1-9-7-18(10-5-6-10)8-13(9)17-21(19,20)14-11(15)3-2-4-12(14)16/h2-4,9-10,13,17H,5-8H2,1H3. The van der Waals surface area contributed by atoms with Crippen LogP contribution in [0.1, 0.15) is 19.8 Å². The third kappa shape index (κ3) is 3.22. The van der Waals surface area contributed by atoms with Crippen molar-refractivity contribution in [3.05, 3.63) is 28.2 Å². The van der Waals surface area contributed by atoms with Gasteiger partial charge in [0.15, 0.2) is 0 Å². The Balaban J connectivity index is 1.80. The van der Waals surface area contributed by atoms with Crippen molar-refractivity contribution >= 4 is 33.2 Å². The molecule has 0 radical (unpaired) electrons. The number of likely N-dealkylation sites (tertiary alicyclic amines) is 1. The Bertz CT molecular complexity index is 626. The molecule has 0 bridgehead atoms. The Morgan fingerprint density at radius 1 is 1.19 bits per heavy atom. The van der Waals surface area contributed by atoms with E-state index < -0.39 is 10.0 Å². The van der Waals surface area contributed by atoms with Crippen molar-refractivity contribution in [2.45, 2.75) is 36.7 Å². The molecule has 3 rings (SSSR count). The first-order valence-corrected chi connectivity index (χ1v) is 9.33. The molecule has 2 fully saturated rings. The fraction of sp³-hybridized carbons (Fsp3) is 0.571. The Hall–Kier alpha value is -0.330. The summed E-state index contributed by atoms with van der Waals surface area (Å²) in [4.78, 5) is 2.34. The monoisotopic (exact) mass is 348 g/mol. The Labute approximate surface area is 135 Å². The molecule has 1 N–H and O–H groups in total. The van der Waals surface area contributed by atoms with E-state index in [9.17, 15) is 8.42 Å². The molecule has 1 aromatic rings. The summed E-state index contributed by atoms with van der Waals surface area (Å²) in [6.07, 6.45) is 2.45. The van der Waals surface area contributed by atoms with Crippen LogP contribution in [-0.2, 0) is 10.0 Å². The molecule has 1 aliphatic carbocycles. The number of benzene rings is 1. The lowest BCUT2D eigenvalue weighted by Crippen LogP contribution is -2.40. The number of halogens is 2. The van der Waals surface area contributed by atoms with Gasteiger partial charge in [-0.3, -0.25) is 4.90 Å². The highest BCUT2D eigenvalue weighted by atomic mass is 35.5. The zero-order valence-electron chi connectivity index (χ0n) is 11.7. The van der Waals surface area contributed by atoms with Crippen molar-refractivity contribution in [2.24, 2.45) is 5.92 Å². The van der Waals surface area contributed by atoms with E-state index in [1.807, 2.05) is 0 Å². The Morgan fingerprint density at radius 3 is 2.38 bits per heavy atom. The summed E-state index contributed by atoms with van der Waals surface area (Å²) in [7, 11) is -3.71. The van der Waals surface area contributed by atoms with Gasteiger partial charge in [0.05, 0.1) is 10.0 Å². The smallest absolute Gasteiger partial charge is 0.243 e. The van der Waals surface area contributed by atoms with Gasteiger partial charge in [0.1, 0.15) is 4.90 Å². The van der Waals surface area contributed by atoms with Crippen LogP contribution in [0.2, 0.25) is 10.0 Å². The van der Waals surface area contributed by atoms with Gasteiger partial charge in [0, 0.05) is 25.2 Å². The number of nitrogens with zero attached hydrogens (tertiary/aromatic N) is 1. The van der Waals surface area contributed by atoms with Crippen LogP contribution >= 0.6 is 23.2 Å². The topological polar surface area (TPSA) is 49.4 Å². The van der Waals surface area contributed by atoms with Gasteiger partial charge in [-0.15, -0.1) is 0 Å². The quantitative estimate of drug-likeness (QED) is 0.909. The van der Waals surface area contributed by atoms with Gasteiger partial charge in [-0.1, -0.05) is 36.2 Å². The normalized spacial score (nSPS) is 27.2. The fourth-order valence-corrected chi connectivity index (χ4v) is 5.37. The van der Waals surface area contributed by atoms with Crippen molar-refractivity contribution in [3.8, 4) is 0 Å². The Kier molecular flexibility index (Phi) is 4.23. The maximum atomic E-state index is 12.6. The van der Waals surface area contributed by atoms with E-state index in [0.29, 0.717) is 6.04 Å². The molecule has 2 unspecified atom stereocenters. The summed E-state index contributed by atoms with van der Waals surface area (Å²) in [6, 6.07) is 5.26. The number of nitrogens with one attached hydrogen (secondary N) is 1. The molecule has 2 atom stereocenters. The molecule has 2 aliphatic rings. The van der Waals surface area contributed by atoms with Crippen LogP contribution in [-0.4, -0.2) is 38.5 Å². The largest absolute Gasteiger partial charge is 0.298 e. The van der Waals surface area contributed by atoms with E-state index in [2.05, 4.69) is 16.5 Å². The average Bonchev–Trinajstić information content (AvgIpc) is 3.15. The van der Waals surface area contributed by atoms with Gasteiger partial charge in [-0.25, -0.2) is 13.1 Å². The van der Waals surface area contributed by atoms with Crippen LogP contribution in [0.5, 0.6) is 0 Å². The average molecular weight is 349 g/mol. The molecular formula is C14H18Cl2N2O2S. The summed E-state index contributed by atoms with van der Waals surface area (Å²) in [5.74, 6) is 0.279. The second-order valence-electron chi connectivity index (χ2n) is 5.94. The molecule has 116 valence electrons. The number of rotatable bonds is 4. The minimum atomic E-state index is -3.71. The number of hydrogen-bond acceptors (Lipinski definition) is 3. The maximum absolute atomic E-state index is 12.6. The van der Waals surface area contributed by atoms with Crippen molar-refractivity contribution < 1.29 is 8.42 Å². The first-order chi connectivity index (χ1) is 9.88. The lowest BCUT2D eigenvalue weighted by Gasteiger charge is -2.18. The first-order valence-electron chi connectivity index (χ1n) is 7.09. The molecule has 1 saturated carbocycles. The molecule has 1 aromatic carbocycles. The van der Waals surface area contributed by atoms with Crippen molar-refractivity contribution in [2.75, 3.05) is 13.1 Å². The lowest BCUT2D eigenvalue weighted by atomic mass is 10.1. The van der Waals surface area contributed by atoms with E-state index in [-0.39, 0.29) is 26.9 Å². The highest BCUT2D eigenvalue weighted by molar-refractivity contribution is 7.89. The second kappa shape index (κ2) is 5.70. The minimum absolute atomic E-state index is 0.0228.